The summed E-state index contributed by atoms with van der Waals surface area (Å²) in [5.74, 6) is -0.161. The standard InChI is InChI=1S/C11H15FN2/c12-10-3-1-2-9(6-10)7-14-5-4-11(13)8-14/h1-3,6,11H,4-5,7-8,13H2. The van der Waals surface area contributed by atoms with E-state index < -0.39 is 0 Å². The maximum absolute atomic E-state index is 12.9. The lowest BCUT2D eigenvalue weighted by atomic mass is 10.2. The van der Waals surface area contributed by atoms with Crippen LogP contribution in [-0.4, -0.2) is 24.0 Å². The monoisotopic (exact) mass is 194 g/mol. The molecule has 0 amide bonds. The number of benzene rings is 1. The van der Waals surface area contributed by atoms with Crippen molar-refractivity contribution in [3.63, 3.8) is 0 Å². The molecule has 0 bridgehead atoms. The van der Waals surface area contributed by atoms with E-state index in [0.29, 0.717) is 6.04 Å². The molecule has 0 saturated carbocycles. The van der Waals surface area contributed by atoms with E-state index in [9.17, 15) is 4.39 Å². The summed E-state index contributed by atoms with van der Waals surface area (Å²) in [6.45, 7) is 2.76. The van der Waals surface area contributed by atoms with Gasteiger partial charge < -0.3 is 5.73 Å². The minimum atomic E-state index is -0.161. The summed E-state index contributed by atoms with van der Waals surface area (Å²) in [7, 11) is 0. The quantitative estimate of drug-likeness (QED) is 0.770. The first-order chi connectivity index (χ1) is 6.74. The highest BCUT2D eigenvalue weighted by molar-refractivity contribution is 5.16. The van der Waals surface area contributed by atoms with Crippen molar-refractivity contribution in [2.24, 2.45) is 5.73 Å². The normalized spacial score (nSPS) is 22.9. The Morgan fingerprint density at radius 1 is 1.50 bits per heavy atom. The highest BCUT2D eigenvalue weighted by Crippen LogP contribution is 2.12. The number of halogens is 1. The summed E-state index contributed by atoms with van der Waals surface area (Å²) in [5.41, 5.74) is 6.82. The van der Waals surface area contributed by atoms with Gasteiger partial charge in [0, 0.05) is 25.7 Å². The predicted molar refractivity (Wildman–Crippen MR) is 54.3 cm³/mol. The molecule has 2 nitrogen and oxygen atoms in total. The second-order valence-corrected chi connectivity index (χ2v) is 3.91. The van der Waals surface area contributed by atoms with Crippen molar-refractivity contribution in [1.82, 2.24) is 4.90 Å². The van der Waals surface area contributed by atoms with E-state index in [0.717, 1.165) is 31.6 Å². The number of nitrogens with two attached hydrogens (primary N) is 1. The first-order valence-corrected chi connectivity index (χ1v) is 4.96. The van der Waals surface area contributed by atoms with Crippen molar-refractivity contribution in [2.75, 3.05) is 13.1 Å². The summed E-state index contributed by atoms with van der Waals surface area (Å²) >= 11 is 0. The van der Waals surface area contributed by atoms with Gasteiger partial charge in [0.15, 0.2) is 0 Å². The van der Waals surface area contributed by atoms with Crippen LogP contribution < -0.4 is 5.73 Å². The van der Waals surface area contributed by atoms with Gasteiger partial charge in [-0.15, -0.1) is 0 Å². The molecule has 1 aliphatic rings. The molecular weight excluding hydrogens is 179 g/mol. The molecule has 1 atom stereocenters. The third kappa shape index (κ3) is 2.30. The molecule has 1 aromatic rings. The summed E-state index contributed by atoms with van der Waals surface area (Å²) < 4.78 is 12.9. The summed E-state index contributed by atoms with van der Waals surface area (Å²) in [5, 5.41) is 0. The van der Waals surface area contributed by atoms with Crippen LogP contribution in [0.5, 0.6) is 0 Å². The van der Waals surface area contributed by atoms with Crippen molar-refractivity contribution < 1.29 is 4.39 Å². The molecule has 1 unspecified atom stereocenters. The Bertz CT molecular complexity index is 314. The zero-order valence-electron chi connectivity index (χ0n) is 8.12. The molecule has 1 aromatic carbocycles. The van der Waals surface area contributed by atoms with Gasteiger partial charge in [-0.2, -0.15) is 0 Å². The van der Waals surface area contributed by atoms with Crippen LogP contribution in [0.1, 0.15) is 12.0 Å². The van der Waals surface area contributed by atoms with Crippen LogP contribution in [-0.2, 0) is 6.54 Å². The Balaban J connectivity index is 1.97. The van der Waals surface area contributed by atoms with Crippen molar-refractivity contribution in [3.05, 3.63) is 35.6 Å². The number of likely N-dealkylation sites (tertiary alicyclic amines) is 1. The number of hydrogen-bond acceptors (Lipinski definition) is 2. The average molecular weight is 194 g/mol. The third-order valence-corrected chi connectivity index (χ3v) is 2.60. The predicted octanol–water partition coefficient (Wildman–Crippen LogP) is 1.36. The summed E-state index contributed by atoms with van der Waals surface area (Å²) in [4.78, 5) is 2.26. The van der Waals surface area contributed by atoms with Crippen LogP contribution in [0.2, 0.25) is 0 Å². The maximum atomic E-state index is 12.9. The van der Waals surface area contributed by atoms with E-state index >= 15 is 0 Å². The zero-order valence-corrected chi connectivity index (χ0v) is 8.12. The van der Waals surface area contributed by atoms with Gasteiger partial charge in [0.25, 0.3) is 0 Å². The van der Waals surface area contributed by atoms with E-state index in [1.165, 1.54) is 6.07 Å². The lowest BCUT2D eigenvalue weighted by molar-refractivity contribution is 0.326. The van der Waals surface area contributed by atoms with Gasteiger partial charge in [0.2, 0.25) is 0 Å². The Morgan fingerprint density at radius 3 is 3.00 bits per heavy atom. The average Bonchev–Trinajstić information content (AvgIpc) is 2.51. The minimum absolute atomic E-state index is 0.161. The SMILES string of the molecule is NC1CCN(Cc2cccc(F)c2)C1. The van der Waals surface area contributed by atoms with Crippen LogP contribution in [0.3, 0.4) is 0 Å². The molecule has 2 N–H and O–H groups in total. The van der Waals surface area contributed by atoms with Crippen molar-refractivity contribution in [3.8, 4) is 0 Å². The van der Waals surface area contributed by atoms with Crippen molar-refractivity contribution >= 4 is 0 Å². The number of nitrogens with zero attached hydrogens (tertiary/aromatic N) is 1. The van der Waals surface area contributed by atoms with Gasteiger partial charge >= 0.3 is 0 Å². The molecule has 2 rings (SSSR count). The minimum Gasteiger partial charge on any atom is -0.326 e. The van der Waals surface area contributed by atoms with Crippen LogP contribution in [0.25, 0.3) is 0 Å². The molecule has 0 radical (unpaired) electrons. The fourth-order valence-electron chi connectivity index (χ4n) is 1.90. The topological polar surface area (TPSA) is 29.3 Å². The smallest absolute Gasteiger partial charge is 0.123 e. The van der Waals surface area contributed by atoms with Crippen LogP contribution >= 0.6 is 0 Å². The fourth-order valence-corrected chi connectivity index (χ4v) is 1.90. The Hall–Kier alpha value is -0.930. The van der Waals surface area contributed by atoms with Crippen LogP contribution in [0, 0.1) is 5.82 Å². The van der Waals surface area contributed by atoms with E-state index in [1.807, 2.05) is 6.07 Å². The summed E-state index contributed by atoms with van der Waals surface area (Å²) in [6, 6.07) is 7.06. The Kier molecular flexibility index (Phi) is 2.79. The number of rotatable bonds is 2. The number of hydrogen-bond donors (Lipinski definition) is 1. The van der Waals surface area contributed by atoms with E-state index in [4.69, 9.17) is 5.73 Å². The van der Waals surface area contributed by atoms with Gasteiger partial charge in [0.1, 0.15) is 5.82 Å². The second kappa shape index (κ2) is 4.07. The van der Waals surface area contributed by atoms with Gasteiger partial charge in [0.05, 0.1) is 0 Å². The van der Waals surface area contributed by atoms with Crippen LogP contribution in [0.4, 0.5) is 4.39 Å². The molecule has 3 heteroatoms. The molecule has 1 aliphatic heterocycles. The molecule has 1 fully saturated rings. The van der Waals surface area contributed by atoms with Gasteiger partial charge in [-0.25, -0.2) is 4.39 Å². The van der Waals surface area contributed by atoms with E-state index in [-0.39, 0.29) is 5.82 Å². The van der Waals surface area contributed by atoms with Gasteiger partial charge in [-0.1, -0.05) is 12.1 Å². The third-order valence-electron chi connectivity index (χ3n) is 2.60. The highest BCUT2D eigenvalue weighted by atomic mass is 19.1. The molecule has 14 heavy (non-hydrogen) atoms. The molecule has 0 aliphatic carbocycles. The molecule has 1 heterocycles. The van der Waals surface area contributed by atoms with Crippen molar-refractivity contribution in [1.29, 1.82) is 0 Å². The van der Waals surface area contributed by atoms with Gasteiger partial charge in [-0.05, 0) is 24.1 Å². The maximum Gasteiger partial charge on any atom is 0.123 e. The zero-order chi connectivity index (χ0) is 9.97. The Labute approximate surface area is 83.5 Å². The molecular formula is C11H15FN2. The van der Waals surface area contributed by atoms with E-state index in [1.54, 1.807) is 12.1 Å². The Morgan fingerprint density at radius 2 is 2.36 bits per heavy atom. The molecule has 0 aromatic heterocycles. The fraction of sp³-hybridized carbons (Fsp3) is 0.455. The largest absolute Gasteiger partial charge is 0.326 e. The lowest BCUT2D eigenvalue weighted by Crippen LogP contribution is -2.26. The van der Waals surface area contributed by atoms with E-state index in [2.05, 4.69) is 4.90 Å². The molecule has 0 spiro atoms. The summed E-state index contributed by atoms with van der Waals surface area (Å²) in [6.07, 6.45) is 1.05. The molecule has 76 valence electrons. The second-order valence-electron chi connectivity index (χ2n) is 3.91. The first kappa shape index (κ1) is 9.62. The van der Waals surface area contributed by atoms with Crippen molar-refractivity contribution in [2.45, 2.75) is 19.0 Å². The first-order valence-electron chi connectivity index (χ1n) is 4.96. The van der Waals surface area contributed by atoms with Crippen LogP contribution in [0.15, 0.2) is 24.3 Å². The highest BCUT2D eigenvalue weighted by Gasteiger charge is 2.18. The lowest BCUT2D eigenvalue weighted by Gasteiger charge is -2.14. The van der Waals surface area contributed by atoms with Gasteiger partial charge in [-0.3, -0.25) is 4.90 Å². The molecule has 1 saturated heterocycles.